The van der Waals surface area contributed by atoms with Crippen LogP contribution >= 0.6 is 11.3 Å². The predicted octanol–water partition coefficient (Wildman–Crippen LogP) is 2.58. The number of nitriles is 1. The van der Waals surface area contributed by atoms with Gasteiger partial charge in [0.1, 0.15) is 23.2 Å². The Morgan fingerprint density at radius 1 is 1.31 bits per heavy atom. The van der Waals surface area contributed by atoms with E-state index in [0.717, 1.165) is 30.9 Å². The minimum Gasteiger partial charge on any atom is -0.349 e. The van der Waals surface area contributed by atoms with Crippen molar-refractivity contribution in [3.63, 3.8) is 0 Å². The molecule has 1 saturated heterocycles. The monoisotopic (exact) mass is 451 g/mol. The summed E-state index contributed by atoms with van der Waals surface area (Å²) in [7, 11) is 0. The first kappa shape index (κ1) is 21.9. The molecule has 4 rings (SSSR count). The normalized spacial score (nSPS) is 16.1. The van der Waals surface area contributed by atoms with Crippen LogP contribution in [0.2, 0.25) is 0 Å². The maximum atomic E-state index is 12.4. The topological polar surface area (TPSA) is 125 Å². The average Bonchev–Trinajstić information content (AvgIpc) is 3.49. The minimum absolute atomic E-state index is 0.159. The summed E-state index contributed by atoms with van der Waals surface area (Å²) in [4.78, 5) is 27.9. The van der Waals surface area contributed by atoms with Crippen LogP contribution in [0.1, 0.15) is 46.7 Å². The quantitative estimate of drug-likeness (QED) is 0.501. The first-order valence-corrected chi connectivity index (χ1v) is 11.4. The summed E-state index contributed by atoms with van der Waals surface area (Å²) < 4.78 is 1.77. The van der Waals surface area contributed by atoms with E-state index < -0.39 is 0 Å². The van der Waals surface area contributed by atoms with Crippen molar-refractivity contribution in [1.29, 1.82) is 5.26 Å². The molecule has 1 atom stereocenters. The fourth-order valence-corrected chi connectivity index (χ4v) is 4.53. The zero-order valence-corrected chi connectivity index (χ0v) is 18.9. The molecular formula is C21H25N9OS. The van der Waals surface area contributed by atoms with Gasteiger partial charge in [0.15, 0.2) is 5.13 Å². The summed E-state index contributed by atoms with van der Waals surface area (Å²) >= 11 is 1.35. The van der Waals surface area contributed by atoms with Crippen molar-refractivity contribution in [2.75, 3.05) is 25.0 Å². The Kier molecular flexibility index (Phi) is 6.72. The van der Waals surface area contributed by atoms with Gasteiger partial charge >= 0.3 is 0 Å². The third-order valence-corrected chi connectivity index (χ3v) is 6.05. The van der Waals surface area contributed by atoms with Crippen LogP contribution < -0.4 is 10.6 Å². The van der Waals surface area contributed by atoms with Crippen LogP contribution in [0.25, 0.3) is 0 Å². The zero-order chi connectivity index (χ0) is 22.5. The maximum absolute atomic E-state index is 12.4. The molecule has 0 saturated carbocycles. The van der Waals surface area contributed by atoms with E-state index in [0.29, 0.717) is 42.1 Å². The number of amides is 1. The fourth-order valence-electron chi connectivity index (χ4n) is 3.83. The van der Waals surface area contributed by atoms with E-state index in [1.54, 1.807) is 10.1 Å². The molecule has 10 nitrogen and oxygen atoms in total. The van der Waals surface area contributed by atoms with Gasteiger partial charge in [-0.1, -0.05) is 6.07 Å². The van der Waals surface area contributed by atoms with Crippen LogP contribution in [-0.4, -0.2) is 55.2 Å². The molecule has 1 aliphatic rings. The molecule has 1 amide bonds. The standard InChI is InChI=1S/C21H25N9OS/c1-14-24-15(2)30(28-14)12-9-23-20(31)17-13-32-21(26-17)27-19-7-3-5-16(25-19)18-6-4-10-29(18)11-8-22/h3,5,7,13,18H,4,6,9-12H2,1-2H3,(H,23,31)(H,25,26,27)/t18-/m1/s1. The third-order valence-electron chi connectivity index (χ3n) is 5.29. The Labute approximate surface area is 190 Å². The lowest BCUT2D eigenvalue weighted by atomic mass is 10.1. The molecule has 0 aliphatic carbocycles. The number of rotatable bonds is 8. The molecule has 3 aromatic heterocycles. The van der Waals surface area contributed by atoms with Crippen LogP contribution in [0.15, 0.2) is 23.6 Å². The molecule has 1 aliphatic heterocycles. The largest absolute Gasteiger partial charge is 0.349 e. The molecular weight excluding hydrogens is 426 g/mol. The van der Waals surface area contributed by atoms with Crippen molar-refractivity contribution in [1.82, 2.24) is 34.9 Å². The van der Waals surface area contributed by atoms with Gasteiger partial charge in [0.25, 0.3) is 5.91 Å². The molecule has 32 heavy (non-hydrogen) atoms. The second-order valence-electron chi connectivity index (χ2n) is 7.58. The Balaban J connectivity index is 1.34. The number of hydrogen-bond acceptors (Lipinski definition) is 9. The van der Waals surface area contributed by atoms with Gasteiger partial charge in [0.2, 0.25) is 0 Å². The Hall–Kier alpha value is -3.36. The minimum atomic E-state index is -0.233. The van der Waals surface area contributed by atoms with Gasteiger partial charge in [-0.05, 0) is 45.4 Å². The van der Waals surface area contributed by atoms with Gasteiger partial charge in [0.05, 0.1) is 30.9 Å². The van der Waals surface area contributed by atoms with E-state index in [1.807, 2.05) is 32.0 Å². The highest BCUT2D eigenvalue weighted by molar-refractivity contribution is 7.14. The summed E-state index contributed by atoms with van der Waals surface area (Å²) in [5.74, 6) is 1.97. The van der Waals surface area contributed by atoms with Crippen LogP contribution in [0.5, 0.6) is 0 Å². The molecule has 3 aromatic rings. The van der Waals surface area contributed by atoms with Gasteiger partial charge in [-0.25, -0.2) is 19.6 Å². The highest BCUT2D eigenvalue weighted by atomic mass is 32.1. The fraction of sp³-hybridized carbons (Fsp3) is 0.429. The highest BCUT2D eigenvalue weighted by Crippen LogP contribution is 2.31. The van der Waals surface area contributed by atoms with Crippen molar-refractivity contribution in [2.45, 2.75) is 39.3 Å². The van der Waals surface area contributed by atoms with Gasteiger partial charge in [-0.2, -0.15) is 10.4 Å². The van der Waals surface area contributed by atoms with Gasteiger partial charge < -0.3 is 10.6 Å². The number of thiazole rings is 1. The summed E-state index contributed by atoms with van der Waals surface area (Å²) in [5, 5.41) is 21.7. The summed E-state index contributed by atoms with van der Waals surface area (Å²) in [6.07, 6.45) is 2.06. The van der Waals surface area contributed by atoms with Crippen LogP contribution in [0, 0.1) is 25.2 Å². The zero-order valence-electron chi connectivity index (χ0n) is 18.1. The lowest BCUT2D eigenvalue weighted by Gasteiger charge is -2.21. The average molecular weight is 452 g/mol. The lowest BCUT2D eigenvalue weighted by Crippen LogP contribution is -2.28. The number of carbonyl (C=O) groups is 1. The first-order valence-electron chi connectivity index (χ1n) is 10.5. The van der Waals surface area contributed by atoms with Crippen LogP contribution in [0.4, 0.5) is 10.9 Å². The number of carbonyl (C=O) groups excluding carboxylic acids is 1. The molecule has 166 valence electrons. The summed E-state index contributed by atoms with van der Waals surface area (Å²) in [6.45, 7) is 6.04. The van der Waals surface area contributed by atoms with E-state index in [4.69, 9.17) is 10.2 Å². The summed E-state index contributed by atoms with van der Waals surface area (Å²) in [5.41, 5.74) is 1.30. The van der Waals surface area contributed by atoms with Gasteiger partial charge in [0, 0.05) is 11.9 Å². The Bertz CT molecular complexity index is 1130. The van der Waals surface area contributed by atoms with E-state index in [-0.39, 0.29) is 11.9 Å². The number of nitrogens with one attached hydrogen (secondary N) is 2. The number of anilines is 2. The molecule has 4 heterocycles. The summed E-state index contributed by atoms with van der Waals surface area (Å²) in [6, 6.07) is 8.20. The second kappa shape index (κ2) is 9.84. The van der Waals surface area contributed by atoms with E-state index >= 15 is 0 Å². The molecule has 11 heteroatoms. The molecule has 2 N–H and O–H groups in total. The maximum Gasteiger partial charge on any atom is 0.270 e. The second-order valence-corrected chi connectivity index (χ2v) is 8.44. The van der Waals surface area contributed by atoms with Gasteiger partial charge in [-0.15, -0.1) is 11.3 Å². The van der Waals surface area contributed by atoms with Crippen molar-refractivity contribution >= 4 is 28.2 Å². The van der Waals surface area contributed by atoms with Crippen LogP contribution in [0.3, 0.4) is 0 Å². The van der Waals surface area contributed by atoms with E-state index in [9.17, 15) is 4.79 Å². The van der Waals surface area contributed by atoms with Crippen molar-refractivity contribution in [2.24, 2.45) is 0 Å². The number of aromatic nitrogens is 5. The number of nitrogens with zero attached hydrogens (tertiary/aromatic N) is 7. The highest BCUT2D eigenvalue weighted by Gasteiger charge is 2.26. The number of aryl methyl sites for hydroxylation is 2. The SMILES string of the molecule is Cc1nc(C)n(CCNC(=O)c2csc(Nc3cccc([C@H]4CCCN4CC#N)n3)n2)n1. The molecule has 0 bridgehead atoms. The number of likely N-dealkylation sites (tertiary alicyclic amines) is 1. The smallest absolute Gasteiger partial charge is 0.270 e. The van der Waals surface area contributed by atoms with E-state index in [1.165, 1.54) is 11.3 Å². The van der Waals surface area contributed by atoms with Crippen molar-refractivity contribution in [3.8, 4) is 6.07 Å². The Morgan fingerprint density at radius 3 is 2.97 bits per heavy atom. The van der Waals surface area contributed by atoms with Crippen molar-refractivity contribution in [3.05, 3.63) is 46.6 Å². The molecule has 0 radical (unpaired) electrons. The molecule has 0 aromatic carbocycles. The van der Waals surface area contributed by atoms with Crippen LogP contribution in [-0.2, 0) is 6.54 Å². The van der Waals surface area contributed by atoms with Gasteiger partial charge in [-0.3, -0.25) is 9.69 Å². The molecule has 0 spiro atoms. The van der Waals surface area contributed by atoms with E-state index in [2.05, 4.69) is 36.7 Å². The molecule has 0 unspecified atom stereocenters. The van der Waals surface area contributed by atoms with Crippen molar-refractivity contribution < 1.29 is 4.79 Å². The number of hydrogen-bond donors (Lipinski definition) is 2. The first-order chi connectivity index (χ1) is 15.5. The third kappa shape index (κ3) is 5.09. The predicted molar refractivity (Wildman–Crippen MR) is 121 cm³/mol. The lowest BCUT2D eigenvalue weighted by molar-refractivity contribution is 0.0947. The Morgan fingerprint density at radius 2 is 2.19 bits per heavy atom. The number of pyridine rings is 1. The molecule has 1 fully saturated rings.